The van der Waals surface area contributed by atoms with E-state index in [9.17, 15) is 14.4 Å². The molecular formula is C29H61N7O6. The van der Waals surface area contributed by atoms with Crippen LogP contribution < -0.4 is 38.9 Å². The molecular weight excluding hydrogens is 542 g/mol. The summed E-state index contributed by atoms with van der Waals surface area (Å²) in [6.07, 6.45) is 11.9. The zero-order valence-corrected chi connectivity index (χ0v) is 25.9. The molecule has 13 nitrogen and oxygen atoms in total. The number of alkyl carbamates (subject to hydrolysis) is 3. The molecule has 13 heteroatoms. The molecule has 0 aliphatic rings. The van der Waals surface area contributed by atoms with Crippen molar-refractivity contribution < 1.29 is 28.6 Å². The van der Waals surface area contributed by atoms with E-state index in [4.69, 9.17) is 37.1 Å². The number of nitrogens with one attached hydrogen (secondary N) is 3. The van der Waals surface area contributed by atoms with Crippen molar-refractivity contribution in [2.75, 3.05) is 59.1 Å². The zero-order valence-electron chi connectivity index (χ0n) is 25.9. The summed E-state index contributed by atoms with van der Waals surface area (Å²) in [4.78, 5) is 35.9. The predicted molar refractivity (Wildman–Crippen MR) is 166 cm³/mol. The standard InChI is InChI=1S/C29H61N7O6/c30-17-6-1-3-9-20-34-26(37)40-23-12-14-29(33,16-25-42-28(39)36-22-11-5-8-19-32)15-13-24-41-27(38)35-21-10-4-2-7-18-31/h1-25,30-33H2,(H,34,37)(H,35,38)(H,36,39). The van der Waals surface area contributed by atoms with Crippen LogP contribution in [0.3, 0.4) is 0 Å². The van der Waals surface area contributed by atoms with Gasteiger partial charge in [-0.25, -0.2) is 14.4 Å². The smallest absolute Gasteiger partial charge is 0.407 e. The van der Waals surface area contributed by atoms with Crippen molar-refractivity contribution in [2.45, 2.75) is 108 Å². The number of rotatable bonds is 28. The Kier molecular flexibility index (Phi) is 27.1. The third kappa shape index (κ3) is 26.5. The van der Waals surface area contributed by atoms with E-state index in [-0.39, 0.29) is 19.8 Å². The normalized spacial score (nSPS) is 11.1. The van der Waals surface area contributed by atoms with Gasteiger partial charge >= 0.3 is 18.3 Å². The molecule has 0 saturated carbocycles. The Morgan fingerprint density at radius 1 is 0.452 bits per heavy atom. The van der Waals surface area contributed by atoms with Crippen LogP contribution in [0, 0.1) is 0 Å². The highest BCUT2D eigenvalue weighted by molar-refractivity contribution is 5.67. The summed E-state index contributed by atoms with van der Waals surface area (Å²) in [6.45, 7) is 4.29. The molecule has 42 heavy (non-hydrogen) atoms. The number of carbonyl (C=O) groups excluding carboxylic acids is 3. The minimum absolute atomic E-state index is 0.155. The van der Waals surface area contributed by atoms with Crippen molar-refractivity contribution in [3.05, 3.63) is 0 Å². The fourth-order valence-electron chi connectivity index (χ4n) is 4.32. The first kappa shape index (κ1) is 39.6. The maximum atomic E-state index is 12.0. The van der Waals surface area contributed by atoms with E-state index in [1.807, 2.05) is 0 Å². The summed E-state index contributed by atoms with van der Waals surface area (Å²) in [7, 11) is 0. The maximum absolute atomic E-state index is 12.0. The van der Waals surface area contributed by atoms with Crippen molar-refractivity contribution >= 4 is 18.3 Å². The fourth-order valence-corrected chi connectivity index (χ4v) is 4.32. The van der Waals surface area contributed by atoms with E-state index < -0.39 is 23.8 Å². The molecule has 0 radical (unpaired) electrons. The number of carbonyl (C=O) groups is 3. The first-order valence-electron chi connectivity index (χ1n) is 16.0. The molecule has 0 saturated heterocycles. The van der Waals surface area contributed by atoms with Gasteiger partial charge < -0.3 is 53.1 Å². The van der Waals surface area contributed by atoms with Crippen LogP contribution in [0.25, 0.3) is 0 Å². The summed E-state index contributed by atoms with van der Waals surface area (Å²) in [6, 6.07) is 0. The molecule has 0 spiro atoms. The number of hydrogen-bond acceptors (Lipinski definition) is 10. The number of amides is 3. The quantitative estimate of drug-likeness (QED) is 0.0512. The van der Waals surface area contributed by atoms with Crippen LogP contribution in [-0.2, 0) is 14.2 Å². The Morgan fingerprint density at radius 3 is 1.17 bits per heavy atom. The Hall–Kier alpha value is -2.35. The van der Waals surface area contributed by atoms with Gasteiger partial charge in [-0.3, -0.25) is 0 Å². The zero-order chi connectivity index (χ0) is 31.2. The molecule has 0 aliphatic heterocycles. The van der Waals surface area contributed by atoms with Crippen molar-refractivity contribution in [3.8, 4) is 0 Å². The average Bonchev–Trinajstić information content (AvgIpc) is 2.97. The minimum atomic E-state index is -0.674. The lowest BCUT2D eigenvalue weighted by Crippen LogP contribution is -2.42. The number of ether oxygens (including phenoxy) is 3. The van der Waals surface area contributed by atoms with Gasteiger partial charge in [0.15, 0.2) is 0 Å². The molecule has 0 rings (SSSR count). The lowest BCUT2D eigenvalue weighted by molar-refractivity contribution is 0.118. The summed E-state index contributed by atoms with van der Waals surface area (Å²) < 4.78 is 15.9. The Labute approximate surface area is 253 Å². The second-order valence-electron chi connectivity index (χ2n) is 10.8. The summed E-state index contributed by atoms with van der Waals surface area (Å²) in [5, 5.41) is 8.25. The van der Waals surface area contributed by atoms with Crippen LogP contribution in [0.15, 0.2) is 0 Å². The van der Waals surface area contributed by atoms with Crippen LogP contribution in [-0.4, -0.2) is 82.9 Å². The second-order valence-corrected chi connectivity index (χ2v) is 10.8. The topological polar surface area (TPSA) is 219 Å². The van der Waals surface area contributed by atoms with Gasteiger partial charge in [-0.05, 0) is 90.3 Å². The third-order valence-corrected chi connectivity index (χ3v) is 6.89. The largest absolute Gasteiger partial charge is 0.450 e. The first-order valence-corrected chi connectivity index (χ1v) is 16.0. The number of hydrogen-bond donors (Lipinski definition) is 7. The van der Waals surface area contributed by atoms with Crippen molar-refractivity contribution in [1.82, 2.24) is 16.0 Å². The van der Waals surface area contributed by atoms with Crippen molar-refractivity contribution in [3.63, 3.8) is 0 Å². The lowest BCUT2D eigenvalue weighted by Gasteiger charge is -2.29. The first-order chi connectivity index (χ1) is 20.4. The van der Waals surface area contributed by atoms with Gasteiger partial charge in [0.1, 0.15) is 0 Å². The van der Waals surface area contributed by atoms with E-state index in [1.54, 1.807) is 0 Å². The van der Waals surface area contributed by atoms with Gasteiger partial charge in [0.25, 0.3) is 0 Å². The van der Waals surface area contributed by atoms with Crippen LogP contribution >= 0.6 is 0 Å². The van der Waals surface area contributed by atoms with Crippen LogP contribution in [0.2, 0.25) is 0 Å². The lowest BCUT2D eigenvalue weighted by atomic mass is 9.86. The van der Waals surface area contributed by atoms with Crippen LogP contribution in [0.1, 0.15) is 103 Å². The Balaban J connectivity index is 4.43. The van der Waals surface area contributed by atoms with E-state index in [2.05, 4.69) is 16.0 Å². The molecule has 0 aromatic rings. The van der Waals surface area contributed by atoms with Crippen LogP contribution in [0.5, 0.6) is 0 Å². The average molecular weight is 604 g/mol. The van der Waals surface area contributed by atoms with Crippen molar-refractivity contribution in [1.29, 1.82) is 0 Å². The molecule has 0 bridgehead atoms. The highest BCUT2D eigenvalue weighted by atomic mass is 16.6. The summed E-state index contributed by atoms with van der Waals surface area (Å²) in [5.41, 5.74) is 22.5. The maximum Gasteiger partial charge on any atom is 0.407 e. The molecule has 0 fully saturated rings. The fraction of sp³-hybridized carbons (Fsp3) is 0.897. The van der Waals surface area contributed by atoms with Crippen LogP contribution in [0.4, 0.5) is 14.4 Å². The van der Waals surface area contributed by atoms with Gasteiger partial charge in [-0.2, -0.15) is 0 Å². The summed E-state index contributed by atoms with van der Waals surface area (Å²) in [5.74, 6) is 0. The highest BCUT2D eigenvalue weighted by Crippen LogP contribution is 2.21. The predicted octanol–water partition coefficient (Wildman–Crippen LogP) is 2.98. The third-order valence-electron chi connectivity index (χ3n) is 6.89. The Morgan fingerprint density at radius 2 is 0.786 bits per heavy atom. The van der Waals surface area contributed by atoms with Gasteiger partial charge in [-0.15, -0.1) is 0 Å². The van der Waals surface area contributed by atoms with Gasteiger partial charge in [-0.1, -0.05) is 32.1 Å². The molecule has 0 unspecified atom stereocenters. The van der Waals surface area contributed by atoms with E-state index >= 15 is 0 Å². The molecule has 0 aliphatic carbocycles. The van der Waals surface area contributed by atoms with E-state index in [0.29, 0.717) is 71.4 Å². The second kappa shape index (κ2) is 28.8. The highest BCUT2D eigenvalue weighted by Gasteiger charge is 2.25. The molecule has 248 valence electrons. The number of unbranched alkanes of at least 4 members (excludes halogenated alkanes) is 8. The molecule has 0 heterocycles. The number of nitrogens with two attached hydrogens (primary N) is 4. The van der Waals surface area contributed by atoms with Crippen molar-refractivity contribution in [2.24, 2.45) is 22.9 Å². The molecule has 3 amide bonds. The molecule has 0 atom stereocenters. The molecule has 0 aromatic heterocycles. The monoisotopic (exact) mass is 603 g/mol. The molecule has 0 aromatic carbocycles. The minimum Gasteiger partial charge on any atom is -0.450 e. The van der Waals surface area contributed by atoms with Gasteiger partial charge in [0, 0.05) is 25.2 Å². The molecule has 11 N–H and O–H groups in total. The van der Waals surface area contributed by atoms with Gasteiger partial charge in [0.05, 0.1) is 19.8 Å². The van der Waals surface area contributed by atoms with Gasteiger partial charge in [0.2, 0.25) is 0 Å². The Bertz CT molecular complexity index is 636. The van der Waals surface area contributed by atoms with E-state index in [1.165, 1.54) is 0 Å². The van der Waals surface area contributed by atoms with E-state index in [0.717, 1.165) is 70.6 Å². The summed E-state index contributed by atoms with van der Waals surface area (Å²) >= 11 is 0. The SMILES string of the molecule is NCCCCCCNC(=O)OCCCC(N)(CCCOC(=O)NCCCCCCN)CCOC(=O)NCCCCCN.